The minimum Gasteiger partial charge on any atom is -0.481 e. The first kappa shape index (κ1) is 19.5. The predicted octanol–water partition coefficient (Wildman–Crippen LogP) is 4.10. The van der Waals surface area contributed by atoms with Gasteiger partial charge in [-0.1, -0.05) is 38.0 Å². The third-order valence-electron chi connectivity index (χ3n) is 4.21. The van der Waals surface area contributed by atoms with E-state index in [0.717, 1.165) is 12.5 Å². The van der Waals surface area contributed by atoms with Gasteiger partial charge in [-0.25, -0.2) is 0 Å². The van der Waals surface area contributed by atoms with Crippen molar-refractivity contribution in [1.29, 1.82) is 0 Å². The van der Waals surface area contributed by atoms with Crippen LogP contribution >= 0.6 is 0 Å². The molecule has 0 saturated heterocycles. The first-order valence-electron chi connectivity index (χ1n) is 7.87. The summed E-state index contributed by atoms with van der Waals surface area (Å²) in [5, 5.41) is 9.04. The molecule has 0 heterocycles. The number of carbonyl (C=O) groups is 1. The molecule has 23 heavy (non-hydrogen) atoms. The van der Waals surface area contributed by atoms with Crippen LogP contribution < -0.4 is 5.73 Å². The van der Waals surface area contributed by atoms with E-state index in [0.29, 0.717) is 31.2 Å². The number of aryl methyl sites for hydroxylation is 1. The maximum absolute atomic E-state index is 12.9. The fourth-order valence-electron chi connectivity index (χ4n) is 2.78. The number of rotatable bonds is 9. The molecule has 2 atom stereocenters. The van der Waals surface area contributed by atoms with Gasteiger partial charge in [0.05, 0.1) is 11.5 Å². The normalized spacial score (nSPS) is 14.5. The number of halogens is 3. The van der Waals surface area contributed by atoms with Gasteiger partial charge in [0.15, 0.2) is 0 Å². The van der Waals surface area contributed by atoms with E-state index in [-0.39, 0.29) is 12.5 Å². The highest BCUT2D eigenvalue weighted by molar-refractivity contribution is 5.70. The molecule has 0 amide bonds. The highest BCUT2D eigenvalue weighted by Gasteiger charge is 2.32. The van der Waals surface area contributed by atoms with Crippen LogP contribution in [0.15, 0.2) is 24.3 Å². The van der Waals surface area contributed by atoms with Gasteiger partial charge in [0.25, 0.3) is 0 Å². The summed E-state index contributed by atoms with van der Waals surface area (Å²) in [5.41, 5.74) is 5.17. The van der Waals surface area contributed by atoms with Gasteiger partial charge in [0.2, 0.25) is 0 Å². The lowest BCUT2D eigenvalue weighted by Gasteiger charge is -2.19. The molecule has 3 N–H and O–H groups in total. The second-order valence-corrected chi connectivity index (χ2v) is 5.83. The smallest absolute Gasteiger partial charge is 0.416 e. The molecule has 1 aromatic rings. The van der Waals surface area contributed by atoms with Crippen molar-refractivity contribution in [2.75, 3.05) is 6.54 Å². The van der Waals surface area contributed by atoms with E-state index in [2.05, 4.69) is 0 Å². The molecule has 3 nitrogen and oxygen atoms in total. The van der Waals surface area contributed by atoms with Gasteiger partial charge in [-0.3, -0.25) is 4.79 Å². The summed E-state index contributed by atoms with van der Waals surface area (Å²) in [6, 6.07) is 5.60. The summed E-state index contributed by atoms with van der Waals surface area (Å²) in [6.07, 6.45) is -1.43. The number of hydrogen-bond donors (Lipinski definition) is 2. The fourth-order valence-corrected chi connectivity index (χ4v) is 2.78. The number of carboxylic acids is 1. The van der Waals surface area contributed by atoms with E-state index in [9.17, 15) is 18.0 Å². The molecule has 130 valence electrons. The summed E-state index contributed by atoms with van der Waals surface area (Å²) in [7, 11) is 0. The lowest BCUT2D eigenvalue weighted by Crippen LogP contribution is -2.25. The van der Waals surface area contributed by atoms with Crippen LogP contribution in [0.2, 0.25) is 0 Å². The van der Waals surface area contributed by atoms with Crippen LogP contribution in [0, 0.1) is 11.8 Å². The van der Waals surface area contributed by atoms with E-state index in [4.69, 9.17) is 10.8 Å². The molecule has 6 heteroatoms. The minimum absolute atomic E-state index is 0.0861. The highest BCUT2D eigenvalue weighted by Crippen LogP contribution is 2.33. The van der Waals surface area contributed by atoms with Crippen molar-refractivity contribution >= 4 is 5.97 Å². The molecule has 1 rings (SSSR count). The van der Waals surface area contributed by atoms with Crippen LogP contribution in [-0.2, 0) is 17.4 Å². The molecule has 0 spiro atoms. The lowest BCUT2D eigenvalue weighted by molar-refractivity contribution is -0.142. The van der Waals surface area contributed by atoms with E-state index in [1.165, 1.54) is 12.1 Å². The van der Waals surface area contributed by atoms with Gasteiger partial charge < -0.3 is 10.8 Å². The zero-order valence-corrected chi connectivity index (χ0v) is 13.3. The zero-order chi connectivity index (χ0) is 17.5. The summed E-state index contributed by atoms with van der Waals surface area (Å²) in [5.74, 6) is -1.33. The summed E-state index contributed by atoms with van der Waals surface area (Å²) in [6.45, 7) is 2.05. The molecule has 0 aromatic heterocycles. The van der Waals surface area contributed by atoms with Crippen molar-refractivity contribution in [2.24, 2.45) is 17.6 Å². The van der Waals surface area contributed by atoms with Crippen LogP contribution in [0.3, 0.4) is 0 Å². The number of alkyl halides is 3. The highest BCUT2D eigenvalue weighted by atomic mass is 19.4. The van der Waals surface area contributed by atoms with Crippen LogP contribution in [0.1, 0.15) is 43.7 Å². The third kappa shape index (κ3) is 6.22. The Morgan fingerprint density at radius 1 is 1.30 bits per heavy atom. The summed E-state index contributed by atoms with van der Waals surface area (Å²) >= 11 is 0. The number of hydrogen-bond acceptors (Lipinski definition) is 2. The Morgan fingerprint density at radius 2 is 1.96 bits per heavy atom. The standard InChI is InChI=1S/C17H24F3NO2/c1-2-12(10-14(11-21)16(22)23)6-5-8-13-7-3-4-9-15(13)17(18,19)20/h3-4,7,9,12,14H,2,5-6,8,10-11,21H2,1H3,(H,22,23). The van der Waals surface area contributed by atoms with Crippen LogP contribution in [0.25, 0.3) is 0 Å². The van der Waals surface area contributed by atoms with Crippen molar-refractivity contribution in [3.63, 3.8) is 0 Å². The van der Waals surface area contributed by atoms with Gasteiger partial charge >= 0.3 is 12.1 Å². The van der Waals surface area contributed by atoms with Crippen LogP contribution in [-0.4, -0.2) is 17.6 Å². The largest absolute Gasteiger partial charge is 0.481 e. The molecular weight excluding hydrogens is 307 g/mol. The predicted molar refractivity (Wildman–Crippen MR) is 83.0 cm³/mol. The van der Waals surface area contributed by atoms with Gasteiger partial charge in [-0.2, -0.15) is 13.2 Å². The topological polar surface area (TPSA) is 63.3 Å². The summed E-state index contributed by atoms with van der Waals surface area (Å²) < 4.78 is 38.8. The fraction of sp³-hybridized carbons (Fsp3) is 0.588. The van der Waals surface area contributed by atoms with Gasteiger partial charge in [0.1, 0.15) is 0 Å². The van der Waals surface area contributed by atoms with Crippen LogP contribution in [0.5, 0.6) is 0 Å². The van der Waals surface area contributed by atoms with E-state index < -0.39 is 23.6 Å². The van der Waals surface area contributed by atoms with E-state index in [1.807, 2.05) is 6.92 Å². The Balaban J connectivity index is 2.60. The maximum atomic E-state index is 12.9. The number of benzene rings is 1. The SMILES string of the molecule is CCC(CCCc1ccccc1C(F)(F)F)CC(CN)C(=O)O. The average Bonchev–Trinajstić information content (AvgIpc) is 2.49. The Morgan fingerprint density at radius 3 is 2.48 bits per heavy atom. The Bertz CT molecular complexity index is 503. The number of carboxylic acid groups (broad SMARTS) is 1. The Labute approximate surface area is 134 Å². The maximum Gasteiger partial charge on any atom is 0.416 e. The second-order valence-electron chi connectivity index (χ2n) is 5.83. The molecular formula is C17H24F3NO2. The quantitative estimate of drug-likeness (QED) is 0.716. The third-order valence-corrected chi connectivity index (χ3v) is 4.21. The van der Waals surface area contributed by atoms with Gasteiger partial charge in [0, 0.05) is 6.54 Å². The monoisotopic (exact) mass is 331 g/mol. The van der Waals surface area contributed by atoms with Crippen molar-refractivity contribution in [1.82, 2.24) is 0 Å². The number of nitrogens with two attached hydrogens (primary N) is 1. The molecule has 1 aromatic carbocycles. The Kier molecular flexibility index (Phi) is 7.55. The lowest BCUT2D eigenvalue weighted by atomic mass is 9.87. The van der Waals surface area contributed by atoms with Crippen molar-refractivity contribution in [3.05, 3.63) is 35.4 Å². The van der Waals surface area contributed by atoms with Crippen LogP contribution in [0.4, 0.5) is 13.2 Å². The van der Waals surface area contributed by atoms with Crippen molar-refractivity contribution in [3.8, 4) is 0 Å². The zero-order valence-electron chi connectivity index (χ0n) is 13.3. The van der Waals surface area contributed by atoms with E-state index in [1.54, 1.807) is 6.07 Å². The molecule has 0 saturated carbocycles. The molecule has 0 radical (unpaired) electrons. The average molecular weight is 331 g/mol. The van der Waals surface area contributed by atoms with Gasteiger partial charge in [-0.15, -0.1) is 0 Å². The molecule has 0 aliphatic heterocycles. The number of aliphatic carboxylic acids is 1. The van der Waals surface area contributed by atoms with Crippen molar-refractivity contribution in [2.45, 2.75) is 45.2 Å². The van der Waals surface area contributed by atoms with E-state index >= 15 is 0 Å². The first-order valence-corrected chi connectivity index (χ1v) is 7.87. The van der Waals surface area contributed by atoms with Crippen molar-refractivity contribution < 1.29 is 23.1 Å². The molecule has 0 fully saturated rings. The second kappa shape index (κ2) is 8.91. The molecule has 0 aliphatic carbocycles. The summed E-state index contributed by atoms with van der Waals surface area (Å²) in [4.78, 5) is 11.0. The first-order chi connectivity index (χ1) is 10.8. The Hall–Kier alpha value is -1.56. The molecule has 0 bridgehead atoms. The minimum atomic E-state index is -4.34. The van der Waals surface area contributed by atoms with Gasteiger partial charge in [-0.05, 0) is 36.8 Å². The molecule has 2 unspecified atom stereocenters. The molecule has 0 aliphatic rings.